The Hall–Kier alpha value is -1.13. The van der Waals surface area contributed by atoms with Gasteiger partial charge in [-0.15, -0.1) is 11.3 Å². The molecule has 19 heavy (non-hydrogen) atoms. The van der Waals surface area contributed by atoms with Gasteiger partial charge >= 0.3 is 0 Å². The standard InChI is InChI=1S/C15H21N3S/c1-15(6-2-3-7-15)11-16-9-12-10-17-18-14(12)13-5-4-8-19-13/h4-5,8,10,16H,2-3,6-7,9,11H2,1H3,(H,17,18). The number of H-pyrrole nitrogens is 1. The predicted molar refractivity (Wildman–Crippen MR) is 80.2 cm³/mol. The summed E-state index contributed by atoms with van der Waals surface area (Å²) in [7, 11) is 0. The van der Waals surface area contributed by atoms with Crippen molar-refractivity contribution in [2.45, 2.75) is 39.2 Å². The van der Waals surface area contributed by atoms with Gasteiger partial charge in [-0.05, 0) is 29.7 Å². The molecule has 102 valence electrons. The minimum Gasteiger partial charge on any atom is -0.312 e. The highest BCUT2D eigenvalue weighted by Crippen LogP contribution is 2.36. The Morgan fingerprint density at radius 3 is 3.00 bits per heavy atom. The van der Waals surface area contributed by atoms with Crippen molar-refractivity contribution in [3.8, 4) is 10.6 Å². The molecular weight excluding hydrogens is 254 g/mol. The first-order chi connectivity index (χ1) is 9.27. The van der Waals surface area contributed by atoms with E-state index < -0.39 is 0 Å². The average Bonchev–Trinajstić information content (AvgIpc) is 3.09. The first-order valence-electron chi connectivity index (χ1n) is 7.04. The third-order valence-electron chi connectivity index (χ3n) is 4.16. The second-order valence-corrected chi connectivity index (χ2v) is 6.82. The van der Waals surface area contributed by atoms with E-state index in [9.17, 15) is 0 Å². The maximum atomic E-state index is 4.19. The number of aromatic nitrogens is 2. The summed E-state index contributed by atoms with van der Waals surface area (Å²) in [5.74, 6) is 0. The zero-order chi connectivity index (χ0) is 13.1. The molecule has 0 aromatic carbocycles. The van der Waals surface area contributed by atoms with E-state index in [0.29, 0.717) is 5.41 Å². The predicted octanol–water partition coefficient (Wildman–Crippen LogP) is 3.81. The van der Waals surface area contributed by atoms with Crippen molar-refractivity contribution in [2.75, 3.05) is 6.54 Å². The van der Waals surface area contributed by atoms with E-state index in [-0.39, 0.29) is 0 Å². The molecule has 2 N–H and O–H groups in total. The summed E-state index contributed by atoms with van der Waals surface area (Å²) in [4.78, 5) is 1.27. The number of nitrogens with zero attached hydrogens (tertiary/aromatic N) is 1. The smallest absolute Gasteiger partial charge is 0.0794 e. The number of hydrogen-bond acceptors (Lipinski definition) is 3. The van der Waals surface area contributed by atoms with Gasteiger partial charge in [-0.2, -0.15) is 5.10 Å². The average molecular weight is 275 g/mol. The number of hydrogen-bond donors (Lipinski definition) is 2. The van der Waals surface area contributed by atoms with E-state index in [1.165, 1.54) is 41.8 Å². The van der Waals surface area contributed by atoms with Crippen LogP contribution in [0.4, 0.5) is 0 Å². The van der Waals surface area contributed by atoms with Crippen LogP contribution in [0.15, 0.2) is 23.7 Å². The van der Waals surface area contributed by atoms with Crippen molar-refractivity contribution in [1.82, 2.24) is 15.5 Å². The van der Waals surface area contributed by atoms with E-state index in [2.05, 4.69) is 40.0 Å². The van der Waals surface area contributed by atoms with Crippen LogP contribution < -0.4 is 5.32 Å². The van der Waals surface area contributed by atoms with Crippen LogP contribution in [0, 0.1) is 5.41 Å². The van der Waals surface area contributed by atoms with Crippen LogP contribution in [0.3, 0.4) is 0 Å². The van der Waals surface area contributed by atoms with E-state index >= 15 is 0 Å². The quantitative estimate of drug-likeness (QED) is 0.871. The minimum absolute atomic E-state index is 0.507. The third kappa shape index (κ3) is 2.90. The lowest BCUT2D eigenvalue weighted by atomic mass is 9.89. The molecule has 3 rings (SSSR count). The molecule has 2 aromatic rings. The van der Waals surface area contributed by atoms with Gasteiger partial charge in [0.2, 0.25) is 0 Å². The molecule has 0 saturated heterocycles. The molecule has 0 bridgehead atoms. The molecule has 0 aliphatic heterocycles. The van der Waals surface area contributed by atoms with Crippen molar-refractivity contribution in [2.24, 2.45) is 5.41 Å². The van der Waals surface area contributed by atoms with E-state index in [0.717, 1.165) is 13.1 Å². The first kappa shape index (κ1) is 12.9. The van der Waals surface area contributed by atoms with Crippen LogP contribution in [-0.4, -0.2) is 16.7 Å². The molecule has 0 spiro atoms. The molecule has 0 unspecified atom stereocenters. The Labute approximate surface area is 118 Å². The van der Waals surface area contributed by atoms with Gasteiger partial charge in [-0.3, -0.25) is 5.10 Å². The lowest BCUT2D eigenvalue weighted by Crippen LogP contribution is -2.29. The summed E-state index contributed by atoms with van der Waals surface area (Å²) < 4.78 is 0. The number of nitrogens with one attached hydrogen (secondary N) is 2. The fourth-order valence-electron chi connectivity index (χ4n) is 2.98. The Balaban J connectivity index is 1.60. The van der Waals surface area contributed by atoms with E-state index in [1.807, 2.05) is 6.20 Å². The van der Waals surface area contributed by atoms with Crippen LogP contribution in [0.1, 0.15) is 38.2 Å². The monoisotopic (exact) mass is 275 g/mol. The van der Waals surface area contributed by atoms with Gasteiger partial charge in [0, 0.05) is 18.7 Å². The topological polar surface area (TPSA) is 40.7 Å². The second-order valence-electron chi connectivity index (χ2n) is 5.87. The number of thiophene rings is 1. The van der Waals surface area contributed by atoms with Crippen molar-refractivity contribution >= 4 is 11.3 Å². The Kier molecular flexibility index (Phi) is 3.71. The maximum absolute atomic E-state index is 4.19. The lowest BCUT2D eigenvalue weighted by Gasteiger charge is -2.23. The Bertz CT molecular complexity index is 509. The van der Waals surface area contributed by atoms with Crippen molar-refractivity contribution in [3.63, 3.8) is 0 Å². The number of aromatic amines is 1. The summed E-state index contributed by atoms with van der Waals surface area (Å²) >= 11 is 1.75. The highest BCUT2D eigenvalue weighted by molar-refractivity contribution is 7.13. The van der Waals surface area contributed by atoms with Crippen molar-refractivity contribution in [1.29, 1.82) is 0 Å². The van der Waals surface area contributed by atoms with Gasteiger partial charge in [0.1, 0.15) is 0 Å². The molecule has 1 saturated carbocycles. The summed E-state index contributed by atoms with van der Waals surface area (Å²) in [5, 5.41) is 13.0. The molecule has 0 radical (unpaired) electrons. The zero-order valence-electron chi connectivity index (χ0n) is 11.4. The SMILES string of the molecule is CC1(CNCc2cn[nH]c2-c2cccs2)CCCC1. The third-order valence-corrected chi connectivity index (χ3v) is 5.05. The van der Waals surface area contributed by atoms with Crippen LogP contribution in [0.5, 0.6) is 0 Å². The zero-order valence-corrected chi connectivity index (χ0v) is 12.2. The van der Waals surface area contributed by atoms with Crippen LogP contribution in [0.25, 0.3) is 10.6 Å². The summed E-state index contributed by atoms with van der Waals surface area (Å²) in [6.45, 7) is 4.42. The second kappa shape index (κ2) is 5.47. The Morgan fingerprint density at radius 1 is 1.42 bits per heavy atom. The van der Waals surface area contributed by atoms with E-state index in [1.54, 1.807) is 11.3 Å². The highest BCUT2D eigenvalue weighted by Gasteiger charge is 2.27. The highest BCUT2D eigenvalue weighted by atomic mass is 32.1. The van der Waals surface area contributed by atoms with Gasteiger partial charge in [-0.25, -0.2) is 0 Å². The summed E-state index contributed by atoms with van der Waals surface area (Å²) in [6, 6.07) is 4.22. The fourth-order valence-corrected chi connectivity index (χ4v) is 3.74. The van der Waals surface area contributed by atoms with Crippen molar-refractivity contribution in [3.05, 3.63) is 29.3 Å². The van der Waals surface area contributed by atoms with Gasteiger partial charge in [0.15, 0.2) is 0 Å². The number of rotatable bonds is 5. The van der Waals surface area contributed by atoms with Gasteiger partial charge < -0.3 is 5.32 Å². The molecule has 2 heterocycles. The normalized spacial score (nSPS) is 17.9. The van der Waals surface area contributed by atoms with Gasteiger partial charge in [0.25, 0.3) is 0 Å². The van der Waals surface area contributed by atoms with E-state index in [4.69, 9.17) is 0 Å². The van der Waals surface area contributed by atoms with Gasteiger partial charge in [-0.1, -0.05) is 25.8 Å². The van der Waals surface area contributed by atoms with Crippen LogP contribution >= 0.6 is 11.3 Å². The molecule has 0 atom stereocenters. The molecule has 4 heteroatoms. The largest absolute Gasteiger partial charge is 0.312 e. The minimum atomic E-state index is 0.507. The molecule has 2 aromatic heterocycles. The van der Waals surface area contributed by atoms with Crippen molar-refractivity contribution < 1.29 is 0 Å². The van der Waals surface area contributed by atoms with Crippen LogP contribution in [0.2, 0.25) is 0 Å². The molecule has 1 fully saturated rings. The molecule has 1 aliphatic carbocycles. The summed E-state index contributed by atoms with van der Waals surface area (Å²) in [5.41, 5.74) is 2.94. The fraction of sp³-hybridized carbons (Fsp3) is 0.533. The first-order valence-corrected chi connectivity index (χ1v) is 7.92. The van der Waals surface area contributed by atoms with Gasteiger partial charge in [0.05, 0.1) is 16.8 Å². The summed E-state index contributed by atoms with van der Waals surface area (Å²) in [6.07, 6.45) is 7.46. The maximum Gasteiger partial charge on any atom is 0.0794 e. The van der Waals surface area contributed by atoms with Crippen LogP contribution in [-0.2, 0) is 6.54 Å². The molecule has 3 nitrogen and oxygen atoms in total. The Morgan fingerprint density at radius 2 is 2.26 bits per heavy atom. The molecular formula is C15H21N3S. The molecule has 1 aliphatic rings. The molecule has 0 amide bonds. The lowest BCUT2D eigenvalue weighted by molar-refractivity contribution is 0.315.